The number of hydrogen-bond acceptors (Lipinski definition) is 8. The molecule has 1 aliphatic heterocycles. The smallest absolute Gasteiger partial charge is 0.288 e. The first-order chi connectivity index (χ1) is 12.0. The fourth-order valence-corrected chi connectivity index (χ4v) is 3.03. The SMILES string of the molecule is CSc1ccc(-c2nc(C(N)=O)nn2[C@@H]2O[C@H](CO)[C@@H](O)[C@H]2O)cc1. The van der Waals surface area contributed by atoms with Crippen molar-refractivity contribution in [3.8, 4) is 11.4 Å². The fraction of sp³-hybridized carbons (Fsp3) is 0.400. The minimum Gasteiger partial charge on any atom is -0.394 e. The Morgan fingerprint density at radius 1 is 1.32 bits per heavy atom. The Morgan fingerprint density at radius 2 is 2.00 bits per heavy atom. The summed E-state index contributed by atoms with van der Waals surface area (Å²) >= 11 is 1.57. The molecular weight excluding hydrogens is 348 g/mol. The summed E-state index contributed by atoms with van der Waals surface area (Å²) in [6, 6.07) is 7.33. The Kier molecular flexibility index (Phi) is 5.06. The molecule has 5 N–H and O–H groups in total. The van der Waals surface area contributed by atoms with Gasteiger partial charge >= 0.3 is 0 Å². The fourth-order valence-electron chi connectivity index (χ4n) is 2.62. The van der Waals surface area contributed by atoms with Crippen molar-refractivity contribution in [1.82, 2.24) is 14.8 Å². The van der Waals surface area contributed by atoms with Gasteiger partial charge in [0.15, 0.2) is 12.1 Å². The molecule has 0 saturated carbocycles. The second-order valence-corrected chi connectivity index (χ2v) is 6.40. The van der Waals surface area contributed by atoms with Crippen molar-refractivity contribution in [1.29, 1.82) is 0 Å². The average molecular weight is 366 g/mol. The van der Waals surface area contributed by atoms with Gasteiger partial charge in [-0.3, -0.25) is 4.79 Å². The molecule has 4 atom stereocenters. The van der Waals surface area contributed by atoms with Crippen LogP contribution >= 0.6 is 11.8 Å². The standard InChI is InChI=1S/C15H18N4O5S/c1-25-8-4-2-7(3-5-8)14-17-13(12(16)23)18-19(14)15-11(22)10(21)9(6-20)24-15/h2-5,9-11,15,20-22H,6H2,1H3,(H2,16,23)/t9-,10-,11-,15-/m1/s1. The van der Waals surface area contributed by atoms with E-state index in [9.17, 15) is 20.1 Å². The maximum atomic E-state index is 11.5. The molecule has 1 fully saturated rings. The Balaban J connectivity index is 2.04. The number of nitrogens with zero attached hydrogens (tertiary/aromatic N) is 3. The molecule has 1 aromatic heterocycles. The number of ether oxygens (including phenoxy) is 1. The lowest BCUT2D eigenvalue weighted by Gasteiger charge is -2.17. The molecule has 0 bridgehead atoms. The van der Waals surface area contributed by atoms with E-state index in [0.29, 0.717) is 5.56 Å². The van der Waals surface area contributed by atoms with Gasteiger partial charge in [-0.15, -0.1) is 16.9 Å². The molecule has 9 nitrogen and oxygen atoms in total. The van der Waals surface area contributed by atoms with E-state index in [0.717, 1.165) is 4.90 Å². The third kappa shape index (κ3) is 3.26. The first-order valence-electron chi connectivity index (χ1n) is 7.49. The van der Waals surface area contributed by atoms with Crippen LogP contribution in [0.3, 0.4) is 0 Å². The van der Waals surface area contributed by atoms with Gasteiger partial charge in [0.25, 0.3) is 5.91 Å². The summed E-state index contributed by atoms with van der Waals surface area (Å²) in [6.07, 6.45) is -2.76. The van der Waals surface area contributed by atoms with Crippen molar-refractivity contribution in [3.05, 3.63) is 30.1 Å². The number of carbonyl (C=O) groups excluding carboxylic acids is 1. The molecule has 1 saturated heterocycles. The van der Waals surface area contributed by atoms with Crippen molar-refractivity contribution < 1.29 is 24.9 Å². The molecule has 1 aromatic carbocycles. The maximum absolute atomic E-state index is 11.5. The van der Waals surface area contributed by atoms with Crippen molar-refractivity contribution >= 4 is 17.7 Å². The molecule has 1 amide bonds. The van der Waals surface area contributed by atoms with Crippen LogP contribution in [0.1, 0.15) is 16.8 Å². The molecule has 3 rings (SSSR count). The lowest BCUT2D eigenvalue weighted by molar-refractivity contribution is -0.0579. The Labute approximate surface area is 147 Å². The molecule has 0 spiro atoms. The largest absolute Gasteiger partial charge is 0.394 e. The van der Waals surface area contributed by atoms with Gasteiger partial charge in [-0.05, 0) is 18.4 Å². The Hall–Kier alpha value is -1.98. The average Bonchev–Trinajstić information content (AvgIpc) is 3.18. The molecule has 0 unspecified atom stereocenters. The van der Waals surface area contributed by atoms with Gasteiger partial charge < -0.3 is 25.8 Å². The van der Waals surface area contributed by atoms with Crippen molar-refractivity contribution in [2.75, 3.05) is 12.9 Å². The summed E-state index contributed by atoms with van der Waals surface area (Å²) in [4.78, 5) is 16.6. The molecule has 2 heterocycles. The first-order valence-corrected chi connectivity index (χ1v) is 8.72. The van der Waals surface area contributed by atoms with E-state index in [1.807, 2.05) is 18.4 Å². The van der Waals surface area contributed by atoms with Crippen LogP contribution in [-0.4, -0.2) is 67.2 Å². The molecule has 0 aliphatic carbocycles. The van der Waals surface area contributed by atoms with Crippen molar-refractivity contribution in [3.63, 3.8) is 0 Å². The predicted molar refractivity (Wildman–Crippen MR) is 88.8 cm³/mol. The monoisotopic (exact) mass is 366 g/mol. The summed E-state index contributed by atoms with van der Waals surface area (Å²) in [5, 5.41) is 33.4. The first kappa shape index (κ1) is 17.8. The lowest BCUT2D eigenvalue weighted by Crippen LogP contribution is -2.33. The second-order valence-electron chi connectivity index (χ2n) is 5.53. The van der Waals surface area contributed by atoms with E-state index < -0.39 is 37.1 Å². The van der Waals surface area contributed by atoms with Crippen LogP contribution in [0.25, 0.3) is 11.4 Å². The highest BCUT2D eigenvalue weighted by Crippen LogP contribution is 2.32. The molecule has 1 aliphatic rings. The Bertz CT molecular complexity index is 766. The lowest BCUT2D eigenvalue weighted by atomic mass is 10.1. The number of aliphatic hydroxyl groups is 3. The minimum absolute atomic E-state index is 0.235. The summed E-state index contributed by atoms with van der Waals surface area (Å²) in [5.74, 6) is -0.801. The predicted octanol–water partition coefficient (Wildman–Crippen LogP) is -0.623. The maximum Gasteiger partial charge on any atom is 0.288 e. The van der Waals surface area contributed by atoms with Crippen LogP contribution in [0, 0.1) is 0 Å². The zero-order valence-electron chi connectivity index (χ0n) is 13.3. The second kappa shape index (κ2) is 7.10. The van der Waals surface area contributed by atoms with Gasteiger partial charge in [-0.2, -0.15) is 0 Å². The van der Waals surface area contributed by atoms with E-state index in [4.69, 9.17) is 10.5 Å². The minimum atomic E-state index is -1.34. The highest BCUT2D eigenvalue weighted by Gasteiger charge is 2.45. The molecule has 25 heavy (non-hydrogen) atoms. The van der Waals surface area contributed by atoms with Crippen LogP contribution in [-0.2, 0) is 4.74 Å². The van der Waals surface area contributed by atoms with Gasteiger partial charge in [0.1, 0.15) is 18.3 Å². The van der Waals surface area contributed by atoms with Crippen LogP contribution in [0.5, 0.6) is 0 Å². The summed E-state index contributed by atoms with van der Waals surface area (Å²) in [7, 11) is 0. The van der Waals surface area contributed by atoms with Gasteiger partial charge in [0.2, 0.25) is 5.82 Å². The molecule has 10 heteroatoms. The highest BCUT2D eigenvalue weighted by atomic mass is 32.2. The van der Waals surface area contributed by atoms with E-state index in [1.165, 1.54) is 4.68 Å². The third-order valence-corrected chi connectivity index (χ3v) is 4.70. The highest BCUT2D eigenvalue weighted by molar-refractivity contribution is 7.98. The van der Waals surface area contributed by atoms with E-state index >= 15 is 0 Å². The van der Waals surface area contributed by atoms with Crippen LogP contribution < -0.4 is 5.73 Å². The number of carbonyl (C=O) groups is 1. The topological polar surface area (TPSA) is 144 Å². The zero-order chi connectivity index (χ0) is 18.1. The van der Waals surface area contributed by atoms with Gasteiger partial charge in [0.05, 0.1) is 6.61 Å². The van der Waals surface area contributed by atoms with Crippen LogP contribution in [0.2, 0.25) is 0 Å². The van der Waals surface area contributed by atoms with Gasteiger partial charge in [-0.1, -0.05) is 12.1 Å². The molecule has 0 radical (unpaired) electrons. The number of nitrogens with two attached hydrogens (primary N) is 1. The summed E-state index contributed by atoms with van der Waals surface area (Å²) in [6.45, 7) is -0.468. The van der Waals surface area contributed by atoms with Crippen LogP contribution in [0.4, 0.5) is 0 Å². The normalized spacial score (nSPS) is 26.1. The van der Waals surface area contributed by atoms with E-state index in [2.05, 4.69) is 10.1 Å². The molecule has 134 valence electrons. The molecule has 2 aromatic rings. The summed E-state index contributed by atoms with van der Waals surface area (Å²) < 4.78 is 6.68. The number of benzene rings is 1. The van der Waals surface area contributed by atoms with E-state index in [1.54, 1.807) is 23.9 Å². The number of aliphatic hydroxyl groups excluding tert-OH is 3. The van der Waals surface area contributed by atoms with Crippen molar-refractivity contribution in [2.45, 2.75) is 29.4 Å². The number of thioether (sulfide) groups is 1. The summed E-state index contributed by atoms with van der Waals surface area (Å²) in [5.41, 5.74) is 5.90. The van der Waals surface area contributed by atoms with E-state index in [-0.39, 0.29) is 11.6 Å². The number of aromatic nitrogens is 3. The zero-order valence-corrected chi connectivity index (χ0v) is 14.1. The molecular formula is C15H18N4O5S. The third-order valence-electron chi connectivity index (χ3n) is 3.96. The number of amides is 1. The quantitative estimate of drug-likeness (QED) is 0.513. The van der Waals surface area contributed by atoms with Gasteiger partial charge in [-0.25, -0.2) is 9.67 Å². The van der Waals surface area contributed by atoms with Gasteiger partial charge in [0, 0.05) is 10.5 Å². The van der Waals surface area contributed by atoms with Crippen molar-refractivity contribution in [2.24, 2.45) is 5.73 Å². The number of rotatable bonds is 5. The van der Waals surface area contributed by atoms with Crippen LogP contribution in [0.15, 0.2) is 29.2 Å². The number of primary amides is 1. The number of hydrogen-bond donors (Lipinski definition) is 4. The Morgan fingerprint density at radius 3 is 2.52 bits per heavy atom.